The molecule has 4 nitrogen and oxygen atoms in total. The largest absolute Gasteiger partial charge is 0.332 e. The Hall–Kier alpha value is -2.35. The fourth-order valence-corrected chi connectivity index (χ4v) is 3.75. The van der Waals surface area contributed by atoms with Gasteiger partial charge in [0, 0.05) is 20.7 Å². The van der Waals surface area contributed by atoms with Gasteiger partial charge in [0.25, 0.3) is 0 Å². The average molecular weight is 472 g/mol. The Bertz CT molecular complexity index is 967. The molecule has 0 heterocycles. The quantitative estimate of drug-likeness (QED) is 0.304. The average Bonchev–Trinajstić information content (AvgIpc) is 2.69. The van der Waals surface area contributed by atoms with Crippen LogP contribution >= 0.6 is 39.9 Å². The van der Waals surface area contributed by atoms with Crippen LogP contribution in [-0.4, -0.2) is 16.8 Å². The van der Waals surface area contributed by atoms with Gasteiger partial charge in [-0.3, -0.25) is 4.79 Å². The van der Waals surface area contributed by atoms with Crippen LogP contribution in [0, 0.1) is 0 Å². The van der Waals surface area contributed by atoms with E-state index in [2.05, 4.69) is 31.9 Å². The molecule has 0 spiro atoms. The SMILES string of the molecule is O=C(CSc1cccc(NC(=S)Nc2ccccc2)c1)Nc1ccccc1Br. The van der Waals surface area contributed by atoms with Crippen LogP contribution in [0.3, 0.4) is 0 Å². The molecule has 0 aliphatic rings. The molecule has 7 heteroatoms. The van der Waals surface area contributed by atoms with Crippen molar-refractivity contribution in [2.75, 3.05) is 21.7 Å². The Morgan fingerprint density at radius 2 is 1.54 bits per heavy atom. The van der Waals surface area contributed by atoms with E-state index in [1.54, 1.807) is 0 Å². The number of anilines is 3. The van der Waals surface area contributed by atoms with E-state index in [4.69, 9.17) is 12.2 Å². The third-order valence-corrected chi connectivity index (χ3v) is 5.53. The number of para-hydroxylation sites is 2. The summed E-state index contributed by atoms with van der Waals surface area (Å²) in [5.41, 5.74) is 2.56. The first kappa shape index (κ1) is 20.4. The minimum atomic E-state index is -0.0588. The van der Waals surface area contributed by atoms with Crippen LogP contribution in [0.2, 0.25) is 0 Å². The summed E-state index contributed by atoms with van der Waals surface area (Å²) < 4.78 is 0.860. The Labute approximate surface area is 182 Å². The minimum absolute atomic E-state index is 0.0588. The van der Waals surface area contributed by atoms with Gasteiger partial charge in [-0.15, -0.1) is 11.8 Å². The number of benzene rings is 3. The molecule has 0 unspecified atom stereocenters. The van der Waals surface area contributed by atoms with Crippen LogP contribution in [-0.2, 0) is 4.79 Å². The van der Waals surface area contributed by atoms with Gasteiger partial charge >= 0.3 is 0 Å². The molecule has 3 rings (SSSR count). The van der Waals surface area contributed by atoms with Gasteiger partial charge in [-0.1, -0.05) is 36.4 Å². The summed E-state index contributed by atoms with van der Waals surface area (Å²) in [6.07, 6.45) is 0. The van der Waals surface area contributed by atoms with E-state index in [1.807, 2.05) is 78.9 Å². The number of hydrogen-bond acceptors (Lipinski definition) is 3. The van der Waals surface area contributed by atoms with E-state index in [1.165, 1.54) is 11.8 Å². The molecule has 0 aromatic heterocycles. The number of thiocarbonyl (C=S) groups is 1. The Morgan fingerprint density at radius 1 is 0.857 bits per heavy atom. The van der Waals surface area contributed by atoms with E-state index in [-0.39, 0.29) is 5.91 Å². The second-order valence-corrected chi connectivity index (χ2v) is 8.10. The Morgan fingerprint density at radius 3 is 2.32 bits per heavy atom. The molecule has 0 atom stereocenters. The number of hydrogen-bond donors (Lipinski definition) is 3. The highest BCUT2D eigenvalue weighted by atomic mass is 79.9. The number of amides is 1. The van der Waals surface area contributed by atoms with Gasteiger partial charge in [-0.25, -0.2) is 0 Å². The monoisotopic (exact) mass is 471 g/mol. The fraction of sp³-hybridized carbons (Fsp3) is 0.0476. The highest BCUT2D eigenvalue weighted by Crippen LogP contribution is 2.24. The summed E-state index contributed by atoms with van der Waals surface area (Å²) in [7, 11) is 0. The molecule has 0 fully saturated rings. The van der Waals surface area contributed by atoms with Gasteiger partial charge in [0.2, 0.25) is 5.91 Å². The molecule has 0 aliphatic carbocycles. The van der Waals surface area contributed by atoms with Crippen molar-refractivity contribution in [1.82, 2.24) is 0 Å². The molecule has 0 aliphatic heterocycles. The lowest BCUT2D eigenvalue weighted by molar-refractivity contribution is -0.113. The van der Waals surface area contributed by atoms with E-state index < -0.39 is 0 Å². The van der Waals surface area contributed by atoms with Crippen molar-refractivity contribution in [1.29, 1.82) is 0 Å². The number of halogens is 1. The highest BCUT2D eigenvalue weighted by molar-refractivity contribution is 9.10. The maximum atomic E-state index is 12.2. The zero-order valence-electron chi connectivity index (χ0n) is 14.8. The Kier molecular flexibility index (Phi) is 7.47. The van der Waals surface area contributed by atoms with Crippen LogP contribution in [0.25, 0.3) is 0 Å². The normalized spacial score (nSPS) is 10.2. The van der Waals surface area contributed by atoms with Crippen molar-refractivity contribution in [3.05, 3.63) is 83.3 Å². The first-order chi connectivity index (χ1) is 13.6. The molecule has 142 valence electrons. The van der Waals surface area contributed by atoms with Crippen LogP contribution in [0.1, 0.15) is 0 Å². The lowest BCUT2D eigenvalue weighted by Gasteiger charge is -2.11. The van der Waals surface area contributed by atoms with Crippen molar-refractivity contribution in [2.24, 2.45) is 0 Å². The number of rotatable bonds is 6. The predicted octanol–water partition coefficient (Wildman–Crippen LogP) is 5.99. The zero-order chi connectivity index (χ0) is 19.8. The molecule has 3 aromatic rings. The van der Waals surface area contributed by atoms with Crippen LogP contribution in [0.5, 0.6) is 0 Å². The molecule has 28 heavy (non-hydrogen) atoms. The number of nitrogens with one attached hydrogen (secondary N) is 3. The Balaban J connectivity index is 1.52. The van der Waals surface area contributed by atoms with E-state index in [9.17, 15) is 4.79 Å². The summed E-state index contributed by atoms with van der Waals surface area (Å²) in [6, 6.07) is 25.1. The van der Waals surface area contributed by atoms with Crippen molar-refractivity contribution >= 4 is 68.0 Å². The summed E-state index contributed by atoms with van der Waals surface area (Å²) in [4.78, 5) is 13.2. The first-order valence-electron chi connectivity index (χ1n) is 8.50. The standard InChI is InChI=1S/C21H18BrN3OS2/c22-18-11-4-5-12-19(18)25-20(26)14-28-17-10-6-9-16(13-17)24-21(27)23-15-7-2-1-3-8-15/h1-13H,14H2,(H,25,26)(H2,23,24,27). The molecular formula is C21H18BrN3OS2. The zero-order valence-corrected chi connectivity index (χ0v) is 18.0. The molecule has 1 amide bonds. The first-order valence-corrected chi connectivity index (χ1v) is 10.7. The summed E-state index contributed by atoms with van der Waals surface area (Å²) in [5, 5.41) is 9.72. The molecular weight excluding hydrogens is 454 g/mol. The maximum absolute atomic E-state index is 12.2. The number of carbonyl (C=O) groups is 1. The lowest BCUT2D eigenvalue weighted by Crippen LogP contribution is -2.19. The van der Waals surface area contributed by atoms with Gasteiger partial charge in [0.05, 0.1) is 11.4 Å². The molecule has 3 aromatic carbocycles. The van der Waals surface area contributed by atoms with Gasteiger partial charge in [-0.2, -0.15) is 0 Å². The van der Waals surface area contributed by atoms with Crippen molar-refractivity contribution in [2.45, 2.75) is 4.90 Å². The van der Waals surface area contributed by atoms with E-state index in [0.29, 0.717) is 10.9 Å². The van der Waals surface area contributed by atoms with Crippen molar-refractivity contribution in [3.63, 3.8) is 0 Å². The molecule has 0 saturated heterocycles. The van der Waals surface area contributed by atoms with Crippen molar-refractivity contribution < 1.29 is 4.79 Å². The summed E-state index contributed by atoms with van der Waals surface area (Å²) in [6.45, 7) is 0. The third kappa shape index (κ3) is 6.37. The molecule has 0 radical (unpaired) electrons. The smallest absolute Gasteiger partial charge is 0.234 e. The van der Waals surface area contributed by atoms with Crippen LogP contribution in [0.15, 0.2) is 88.2 Å². The van der Waals surface area contributed by atoms with Gasteiger partial charge in [-0.05, 0) is 70.6 Å². The number of thioether (sulfide) groups is 1. The summed E-state index contributed by atoms with van der Waals surface area (Å²) in [5.74, 6) is 0.258. The van der Waals surface area contributed by atoms with Gasteiger partial charge in [0.1, 0.15) is 0 Å². The number of carbonyl (C=O) groups excluding carboxylic acids is 1. The molecule has 0 bridgehead atoms. The second kappa shape index (κ2) is 10.3. The lowest BCUT2D eigenvalue weighted by atomic mass is 10.3. The summed E-state index contributed by atoms with van der Waals surface area (Å²) >= 11 is 10.3. The topological polar surface area (TPSA) is 53.2 Å². The third-order valence-electron chi connectivity index (χ3n) is 3.64. The van der Waals surface area contributed by atoms with Crippen LogP contribution in [0.4, 0.5) is 17.1 Å². The predicted molar refractivity (Wildman–Crippen MR) is 126 cm³/mol. The van der Waals surface area contributed by atoms with Gasteiger partial charge < -0.3 is 16.0 Å². The fourth-order valence-electron chi connectivity index (χ4n) is 2.38. The molecule has 0 saturated carbocycles. The van der Waals surface area contributed by atoms with Crippen molar-refractivity contribution in [3.8, 4) is 0 Å². The molecule has 3 N–H and O–H groups in total. The van der Waals surface area contributed by atoms with E-state index in [0.717, 1.165) is 26.4 Å². The van der Waals surface area contributed by atoms with Gasteiger partial charge in [0.15, 0.2) is 5.11 Å². The van der Waals surface area contributed by atoms with E-state index >= 15 is 0 Å². The highest BCUT2D eigenvalue weighted by Gasteiger charge is 2.07. The second-order valence-electron chi connectivity index (χ2n) is 5.79. The maximum Gasteiger partial charge on any atom is 0.234 e. The van der Waals surface area contributed by atoms with Crippen LogP contribution < -0.4 is 16.0 Å². The minimum Gasteiger partial charge on any atom is -0.332 e.